The van der Waals surface area contributed by atoms with E-state index in [0.717, 1.165) is 11.1 Å². The average Bonchev–Trinajstić information content (AvgIpc) is 2.46. The van der Waals surface area contributed by atoms with E-state index in [1.807, 2.05) is 48.4 Å². The van der Waals surface area contributed by atoms with Gasteiger partial charge >= 0.3 is 0 Å². The van der Waals surface area contributed by atoms with Crippen LogP contribution in [0.25, 0.3) is 6.08 Å². The second kappa shape index (κ2) is 6.56. The Labute approximate surface area is 123 Å². The summed E-state index contributed by atoms with van der Waals surface area (Å²) in [6.45, 7) is 1.15. The summed E-state index contributed by atoms with van der Waals surface area (Å²) in [7, 11) is 3.71. The topological polar surface area (TPSA) is 57.7 Å². The summed E-state index contributed by atoms with van der Waals surface area (Å²) in [6.07, 6.45) is 2.00. The van der Waals surface area contributed by atoms with Crippen LogP contribution in [0.15, 0.2) is 35.9 Å². The number of carbonyl (C=O) groups is 3. The van der Waals surface area contributed by atoms with Crippen LogP contribution in [-0.4, -0.2) is 61.0 Å². The fraction of sp³-hybridized carbons (Fsp3) is 0.312. The first-order chi connectivity index (χ1) is 10.0. The van der Waals surface area contributed by atoms with Gasteiger partial charge in [-0.2, -0.15) is 0 Å². The summed E-state index contributed by atoms with van der Waals surface area (Å²) in [5.74, 6) is -1.64. The second-order valence-corrected chi connectivity index (χ2v) is 5.29. The minimum Gasteiger partial charge on any atom is -0.294 e. The van der Waals surface area contributed by atoms with Gasteiger partial charge in [0.05, 0.1) is 6.67 Å². The van der Waals surface area contributed by atoms with Gasteiger partial charge in [0.15, 0.2) is 6.29 Å². The van der Waals surface area contributed by atoms with Gasteiger partial charge in [0, 0.05) is 6.54 Å². The Morgan fingerprint density at radius 1 is 1.19 bits per heavy atom. The molecule has 1 atom stereocenters. The van der Waals surface area contributed by atoms with Crippen molar-refractivity contribution in [2.45, 2.75) is 6.04 Å². The van der Waals surface area contributed by atoms with E-state index in [2.05, 4.69) is 0 Å². The molecule has 1 unspecified atom stereocenters. The van der Waals surface area contributed by atoms with Gasteiger partial charge in [0.1, 0.15) is 6.04 Å². The molecular weight excluding hydrogens is 268 g/mol. The van der Waals surface area contributed by atoms with Crippen molar-refractivity contribution in [3.8, 4) is 0 Å². The first kappa shape index (κ1) is 15.3. The number of carbonyl (C=O) groups excluding carboxylic acids is 3. The lowest BCUT2D eigenvalue weighted by atomic mass is 9.95. The minimum absolute atomic E-state index is 0.0919. The van der Waals surface area contributed by atoms with E-state index in [4.69, 9.17) is 0 Å². The van der Waals surface area contributed by atoms with Gasteiger partial charge in [-0.05, 0) is 25.2 Å². The quantitative estimate of drug-likeness (QED) is 0.461. The molecule has 0 saturated carbocycles. The van der Waals surface area contributed by atoms with Crippen LogP contribution in [0.2, 0.25) is 0 Å². The molecule has 1 saturated heterocycles. The molecule has 0 N–H and O–H groups in total. The summed E-state index contributed by atoms with van der Waals surface area (Å²) in [5.41, 5.74) is 1.78. The van der Waals surface area contributed by atoms with Gasteiger partial charge in [-0.1, -0.05) is 36.4 Å². The summed E-state index contributed by atoms with van der Waals surface area (Å²) in [6, 6.07) is 8.94. The number of likely N-dealkylation sites (N-methyl/N-ethyl adjacent to an activating group) is 2. The van der Waals surface area contributed by atoms with Gasteiger partial charge in [-0.15, -0.1) is 0 Å². The van der Waals surface area contributed by atoms with Crippen molar-refractivity contribution < 1.29 is 14.4 Å². The molecule has 1 aromatic carbocycles. The van der Waals surface area contributed by atoms with Gasteiger partial charge < -0.3 is 0 Å². The number of ketones is 2. The van der Waals surface area contributed by atoms with E-state index in [1.165, 1.54) is 0 Å². The maximum Gasteiger partial charge on any atom is 0.262 e. The highest BCUT2D eigenvalue weighted by atomic mass is 16.2. The third-order valence-electron chi connectivity index (χ3n) is 3.46. The molecule has 0 amide bonds. The lowest BCUT2D eigenvalue weighted by Crippen LogP contribution is -2.53. The van der Waals surface area contributed by atoms with Crippen LogP contribution in [0, 0.1) is 0 Å². The zero-order valence-corrected chi connectivity index (χ0v) is 12.2. The van der Waals surface area contributed by atoms with E-state index < -0.39 is 17.6 Å². The maximum atomic E-state index is 12.2. The molecule has 21 heavy (non-hydrogen) atoms. The third kappa shape index (κ3) is 3.51. The predicted octanol–water partition coefficient (Wildman–Crippen LogP) is 0.610. The normalized spacial score (nSPS) is 22.2. The molecule has 1 aliphatic rings. The van der Waals surface area contributed by atoms with Crippen LogP contribution in [0.1, 0.15) is 5.56 Å². The number of aldehydes is 1. The Bertz CT molecular complexity index is 580. The number of hydrogen-bond donors (Lipinski definition) is 0. The van der Waals surface area contributed by atoms with Crippen molar-refractivity contribution in [3.05, 3.63) is 41.5 Å². The fourth-order valence-corrected chi connectivity index (χ4v) is 2.64. The molecule has 2 rings (SSSR count). The van der Waals surface area contributed by atoms with E-state index in [9.17, 15) is 14.4 Å². The predicted molar refractivity (Wildman–Crippen MR) is 79.5 cm³/mol. The lowest BCUT2D eigenvalue weighted by molar-refractivity contribution is -0.142. The summed E-state index contributed by atoms with van der Waals surface area (Å²) in [4.78, 5) is 38.0. The fourth-order valence-electron chi connectivity index (χ4n) is 2.64. The number of hydrogen-bond acceptors (Lipinski definition) is 5. The lowest BCUT2D eigenvalue weighted by Gasteiger charge is -2.38. The molecule has 1 fully saturated rings. The Morgan fingerprint density at radius 3 is 2.48 bits per heavy atom. The van der Waals surface area contributed by atoms with Gasteiger partial charge in [0.2, 0.25) is 5.78 Å². The zero-order chi connectivity index (χ0) is 15.4. The molecular formula is C16H18N2O3. The number of rotatable bonds is 4. The molecule has 1 aromatic rings. The van der Waals surface area contributed by atoms with E-state index >= 15 is 0 Å². The minimum atomic E-state index is -0.977. The average molecular weight is 286 g/mol. The monoisotopic (exact) mass is 286 g/mol. The third-order valence-corrected chi connectivity index (χ3v) is 3.46. The largest absolute Gasteiger partial charge is 0.294 e. The number of nitrogens with zero attached hydrogens (tertiary/aromatic N) is 2. The highest BCUT2D eigenvalue weighted by Crippen LogP contribution is 2.21. The number of benzene rings is 1. The Morgan fingerprint density at radius 2 is 1.86 bits per heavy atom. The molecule has 5 nitrogen and oxygen atoms in total. The van der Waals surface area contributed by atoms with E-state index in [-0.39, 0.29) is 6.29 Å². The van der Waals surface area contributed by atoms with Crippen LogP contribution < -0.4 is 0 Å². The van der Waals surface area contributed by atoms with Crippen LogP contribution in [0.3, 0.4) is 0 Å². The second-order valence-electron chi connectivity index (χ2n) is 5.29. The molecule has 0 spiro atoms. The number of Topliss-reactive ketones (excluding diaryl/α,β-unsaturated/α-hetero) is 2. The van der Waals surface area contributed by atoms with Crippen molar-refractivity contribution in [1.82, 2.24) is 9.80 Å². The van der Waals surface area contributed by atoms with Crippen molar-refractivity contribution >= 4 is 23.9 Å². The van der Waals surface area contributed by atoms with Crippen LogP contribution in [0.4, 0.5) is 0 Å². The molecule has 0 aromatic heterocycles. The van der Waals surface area contributed by atoms with Crippen molar-refractivity contribution in [1.29, 1.82) is 0 Å². The summed E-state index contributed by atoms with van der Waals surface area (Å²) < 4.78 is 0. The Kier molecular flexibility index (Phi) is 4.77. The molecule has 0 radical (unpaired) electrons. The standard InChI is InChI=1S/C16H18N2O3/c1-17-9-13(8-12-6-4-3-5-7-12)15(18(2)11-17)16(21)14(20)10-19/h3-8,10,15H,9,11H2,1-2H3. The van der Waals surface area contributed by atoms with Crippen LogP contribution >= 0.6 is 0 Å². The molecule has 110 valence electrons. The van der Waals surface area contributed by atoms with E-state index in [1.54, 1.807) is 11.9 Å². The SMILES string of the molecule is CN1CC(=Cc2ccccc2)C(C(=O)C(=O)C=O)N(C)C1. The first-order valence-corrected chi connectivity index (χ1v) is 6.70. The first-order valence-electron chi connectivity index (χ1n) is 6.70. The zero-order valence-electron chi connectivity index (χ0n) is 12.2. The van der Waals surface area contributed by atoms with Gasteiger partial charge in [-0.25, -0.2) is 0 Å². The van der Waals surface area contributed by atoms with Crippen molar-refractivity contribution in [2.75, 3.05) is 27.3 Å². The Balaban J connectivity index is 2.37. The van der Waals surface area contributed by atoms with Crippen LogP contribution in [-0.2, 0) is 14.4 Å². The summed E-state index contributed by atoms with van der Waals surface area (Å²) in [5, 5.41) is 0. The maximum absolute atomic E-state index is 12.2. The highest BCUT2D eigenvalue weighted by Gasteiger charge is 2.35. The molecule has 0 bridgehead atoms. The van der Waals surface area contributed by atoms with Gasteiger partial charge in [0.25, 0.3) is 5.78 Å². The molecule has 0 aliphatic carbocycles. The summed E-state index contributed by atoms with van der Waals surface area (Å²) >= 11 is 0. The van der Waals surface area contributed by atoms with Crippen molar-refractivity contribution in [2.24, 2.45) is 0 Å². The van der Waals surface area contributed by atoms with E-state index in [0.29, 0.717) is 13.2 Å². The van der Waals surface area contributed by atoms with Crippen LogP contribution in [0.5, 0.6) is 0 Å². The highest BCUT2D eigenvalue weighted by molar-refractivity contribution is 6.59. The molecule has 1 heterocycles. The molecule has 1 aliphatic heterocycles. The Hall–Kier alpha value is -2.11. The van der Waals surface area contributed by atoms with Crippen molar-refractivity contribution in [3.63, 3.8) is 0 Å². The molecule has 5 heteroatoms. The van der Waals surface area contributed by atoms with Gasteiger partial charge in [-0.3, -0.25) is 24.2 Å². The smallest absolute Gasteiger partial charge is 0.262 e.